The number of fused-ring (bicyclic) bond motifs is 1. The first-order valence-corrected chi connectivity index (χ1v) is 20.8. The number of benzene rings is 4. The summed E-state index contributed by atoms with van der Waals surface area (Å²) in [6, 6.07) is 29.4. The number of hydrogen-bond acceptors (Lipinski definition) is 9. The Morgan fingerprint density at radius 1 is 0.823 bits per heavy atom. The number of pyridine rings is 1. The Morgan fingerprint density at radius 3 is 2.18 bits per heavy atom. The molecule has 0 saturated carbocycles. The van der Waals surface area contributed by atoms with Crippen LogP contribution in [-0.2, 0) is 14.4 Å². The van der Waals surface area contributed by atoms with Gasteiger partial charge in [0.2, 0.25) is 17.7 Å². The Morgan fingerprint density at radius 2 is 1.48 bits per heavy atom. The molecule has 0 spiro atoms. The zero-order chi connectivity index (χ0) is 43.5. The molecule has 13 nitrogen and oxygen atoms in total. The van der Waals surface area contributed by atoms with Gasteiger partial charge in [0, 0.05) is 51.9 Å². The number of ether oxygens (including phenoxy) is 1. The number of amides is 4. The number of carbonyl (C=O) groups excluding carboxylic acids is 4. The van der Waals surface area contributed by atoms with Gasteiger partial charge >= 0.3 is 0 Å². The number of halogens is 1. The Balaban J connectivity index is 0.875. The summed E-state index contributed by atoms with van der Waals surface area (Å²) in [4.78, 5) is 68.7. The molecule has 2 saturated heterocycles. The van der Waals surface area contributed by atoms with Gasteiger partial charge in [-0.15, -0.1) is 0 Å². The smallest absolute Gasteiger partial charge is 0.273 e. The standard InChI is InChI=1S/C48H46ClN7O6/c1-29(37-14-9-25-55(37)48(60)43(54(2)3)31-11-6-5-7-12-31)44(57)51-33-23-19-32(20-24-33)46-50-28-40(62-46)30-17-21-34(22-18-30)52-45(58)38-15-10-26-56(38)47(59)42-35-13-8-16-39(61-4)36(35)27-41(49)53-42/h5-8,11-13,16-24,27-28,37-38,43H,1,9-10,14-15,25-26H2,2-4H3,(H,51,57)(H,52,58). The van der Waals surface area contributed by atoms with Gasteiger partial charge < -0.3 is 29.6 Å². The van der Waals surface area contributed by atoms with Crippen molar-refractivity contribution in [2.45, 2.75) is 43.8 Å². The molecule has 0 radical (unpaired) electrons. The average Bonchev–Trinajstić information content (AvgIpc) is 4.09. The van der Waals surface area contributed by atoms with Gasteiger partial charge in [-0.1, -0.05) is 60.6 Å². The number of anilines is 2. The highest BCUT2D eigenvalue weighted by Gasteiger charge is 2.38. The van der Waals surface area contributed by atoms with Crippen LogP contribution in [0, 0.1) is 0 Å². The first kappa shape index (κ1) is 41.9. The van der Waals surface area contributed by atoms with Crippen LogP contribution >= 0.6 is 11.6 Å². The van der Waals surface area contributed by atoms with E-state index in [0.29, 0.717) is 83.0 Å². The number of likely N-dealkylation sites (N-methyl/N-ethyl adjacent to an activating group) is 1. The van der Waals surface area contributed by atoms with Crippen molar-refractivity contribution in [3.8, 4) is 28.5 Å². The van der Waals surface area contributed by atoms with Gasteiger partial charge in [0.1, 0.15) is 28.7 Å². The van der Waals surface area contributed by atoms with E-state index < -0.39 is 18.1 Å². The summed E-state index contributed by atoms with van der Waals surface area (Å²) in [6.45, 7) is 5.09. The second kappa shape index (κ2) is 18.0. The van der Waals surface area contributed by atoms with Crippen LogP contribution < -0.4 is 15.4 Å². The molecule has 8 rings (SSSR count). The highest BCUT2D eigenvalue weighted by Crippen LogP contribution is 2.34. The fourth-order valence-corrected chi connectivity index (χ4v) is 8.56. The van der Waals surface area contributed by atoms with Crippen LogP contribution in [0.2, 0.25) is 5.15 Å². The van der Waals surface area contributed by atoms with Crippen LogP contribution in [0.3, 0.4) is 0 Å². The predicted molar refractivity (Wildman–Crippen MR) is 239 cm³/mol. The molecule has 3 unspecified atom stereocenters. The Kier molecular flexibility index (Phi) is 12.2. The van der Waals surface area contributed by atoms with E-state index in [1.165, 1.54) is 0 Å². The number of hydrogen-bond donors (Lipinski definition) is 2. The minimum absolute atomic E-state index is 0.0551. The lowest BCUT2D eigenvalue weighted by atomic mass is 10.0. The summed E-state index contributed by atoms with van der Waals surface area (Å²) in [5.41, 5.74) is 3.99. The minimum Gasteiger partial charge on any atom is -0.496 e. The summed E-state index contributed by atoms with van der Waals surface area (Å²) >= 11 is 6.33. The van der Waals surface area contributed by atoms with Crippen LogP contribution in [0.4, 0.5) is 11.4 Å². The molecule has 4 heterocycles. The van der Waals surface area contributed by atoms with Gasteiger partial charge in [0.05, 0.1) is 19.3 Å². The van der Waals surface area contributed by atoms with Crippen molar-refractivity contribution in [1.82, 2.24) is 24.7 Å². The molecule has 2 aromatic heterocycles. The van der Waals surface area contributed by atoms with E-state index in [-0.39, 0.29) is 34.5 Å². The third kappa shape index (κ3) is 8.54. The van der Waals surface area contributed by atoms with Gasteiger partial charge in [-0.25, -0.2) is 9.97 Å². The van der Waals surface area contributed by atoms with Crippen molar-refractivity contribution in [2.24, 2.45) is 0 Å². The molecule has 316 valence electrons. The Labute approximate surface area is 364 Å². The fourth-order valence-electron chi connectivity index (χ4n) is 8.37. The molecule has 62 heavy (non-hydrogen) atoms. The highest BCUT2D eigenvalue weighted by atomic mass is 35.5. The maximum atomic E-state index is 13.8. The maximum absolute atomic E-state index is 13.8. The molecule has 4 amide bonds. The molecular weight excluding hydrogens is 806 g/mol. The molecule has 2 aliphatic heterocycles. The van der Waals surface area contributed by atoms with Crippen LogP contribution in [0.5, 0.6) is 5.75 Å². The molecule has 2 aliphatic rings. The van der Waals surface area contributed by atoms with Crippen LogP contribution in [0.15, 0.2) is 126 Å². The summed E-state index contributed by atoms with van der Waals surface area (Å²) in [5, 5.41) is 7.32. The van der Waals surface area contributed by atoms with E-state index in [0.717, 1.165) is 17.5 Å². The fraction of sp³-hybridized carbons (Fsp3) is 0.250. The van der Waals surface area contributed by atoms with Crippen molar-refractivity contribution in [1.29, 1.82) is 0 Å². The maximum Gasteiger partial charge on any atom is 0.273 e. The number of methoxy groups -OCH3 is 1. The lowest BCUT2D eigenvalue weighted by molar-refractivity contribution is -0.136. The van der Waals surface area contributed by atoms with E-state index in [9.17, 15) is 19.2 Å². The SMILES string of the molecule is C=C(C(=O)Nc1ccc(-c2ncc(-c3ccc(NC(=O)C4CCCN4C(=O)c4nc(Cl)cc5c(OC)cccc45)cc3)o2)cc1)C1CCCN1C(=O)C(c1ccccc1)N(C)C. The second-order valence-corrected chi connectivity index (χ2v) is 16.0. The van der Waals surface area contributed by atoms with E-state index in [2.05, 4.69) is 27.2 Å². The quantitative estimate of drug-likeness (QED) is 0.0917. The van der Waals surface area contributed by atoms with Crippen molar-refractivity contribution in [3.63, 3.8) is 0 Å². The van der Waals surface area contributed by atoms with Gasteiger partial charge in [-0.3, -0.25) is 24.1 Å². The Hall–Kier alpha value is -6.83. The third-order valence-electron chi connectivity index (χ3n) is 11.5. The summed E-state index contributed by atoms with van der Waals surface area (Å²) in [6.07, 6.45) is 4.25. The van der Waals surface area contributed by atoms with Crippen molar-refractivity contribution < 1.29 is 28.3 Å². The van der Waals surface area contributed by atoms with E-state index in [4.69, 9.17) is 20.8 Å². The van der Waals surface area contributed by atoms with Crippen LogP contribution in [0.25, 0.3) is 33.6 Å². The summed E-state index contributed by atoms with van der Waals surface area (Å²) < 4.78 is 11.6. The molecule has 4 aromatic carbocycles. The van der Waals surface area contributed by atoms with Gasteiger partial charge in [0.15, 0.2) is 5.76 Å². The lowest BCUT2D eigenvalue weighted by Gasteiger charge is -2.32. The van der Waals surface area contributed by atoms with E-state index in [1.807, 2.05) is 61.5 Å². The highest BCUT2D eigenvalue weighted by molar-refractivity contribution is 6.30. The van der Waals surface area contributed by atoms with Crippen LogP contribution in [0.1, 0.15) is 47.8 Å². The molecule has 2 N–H and O–H groups in total. The number of nitrogens with one attached hydrogen (secondary N) is 2. The van der Waals surface area contributed by atoms with Crippen LogP contribution in [-0.4, -0.2) is 94.7 Å². The zero-order valence-electron chi connectivity index (χ0n) is 34.6. The van der Waals surface area contributed by atoms with E-state index >= 15 is 0 Å². The summed E-state index contributed by atoms with van der Waals surface area (Å²) in [7, 11) is 5.31. The number of likely N-dealkylation sites (tertiary alicyclic amines) is 2. The number of oxazole rings is 1. The molecule has 0 bridgehead atoms. The topological polar surface area (TPSA) is 150 Å². The van der Waals surface area contributed by atoms with Gasteiger partial charge in [-0.2, -0.15) is 0 Å². The Bertz CT molecular complexity index is 2650. The van der Waals surface area contributed by atoms with Crippen molar-refractivity contribution in [3.05, 3.63) is 138 Å². The number of carbonyl (C=O) groups is 4. The van der Waals surface area contributed by atoms with Crippen molar-refractivity contribution >= 4 is 57.4 Å². The molecule has 14 heteroatoms. The predicted octanol–water partition coefficient (Wildman–Crippen LogP) is 8.25. The van der Waals surface area contributed by atoms with E-state index in [1.54, 1.807) is 83.8 Å². The normalized spacial score (nSPS) is 16.7. The monoisotopic (exact) mass is 851 g/mol. The average molecular weight is 852 g/mol. The van der Waals surface area contributed by atoms with Gasteiger partial charge in [0.25, 0.3) is 11.8 Å². The first-order valence-electron chi connectivity index (χ1n) is 20.4. The summed E-state index contributed by atoms with van der Waals surface area (Å²) in [5.74, 6) is 0.411. The molecule has 2 fully saturated rings. The number of nitrogens with zero attached hydrogens (tertiary/aromatic N) is 5. The molecule has 6 aromatic rings. The largest absolute Gasteiger partial charge is 0.496 e. The number of aromatic nitrogens is 2. The molecule has 0 aliphatic carbocycles. The molecule has 3 atom stereocenters. The minimum atomic E-state index is -0.686. The lowest BCUT2D eigenvalue weighted by Crippen LogP contribution is -2.45. The number of rotatable bonds is 12. The van der Waals surface area contributed by atoms with Crippen molar-refractivity contribution in [2.75, 3.05) is 44.9 Å². The second-order valence-electron chi connectivity index (χ2n) is 15.6. The first-order chi connectivity index (χ1) is 30.0. The third-order valence-corrected chi connectivity index (χ3v) is 11.7. The molecular formula is C48H46ClN7O6. The zero-order valence-corrected chi connectivity index (χ0v) is 35.4. The van der Waals surface area contributed by atoms with Gasteiger partial charge in [-0.05, 0) is 106 Å².